The molecule has 0 N–H and O–H groups in total. The fraction of sp³-hybridized carbons (Fsp3) is 0.167. The molecule has 1 heterocycles. The highest BCUT2D eigenvalue weighted by Gasteiger charge is 2.06. The summed E-state index contributed by atoms with van der Waals surface area (Å²) in [5.74, 6) is 0.861. The van der Waals surface area contributed by atoms with Crippen LogP contribution in [0.1, 0.15) is 11.3 Å². The minimum atomic E-state index is 0.236. The van der Waals surface area contributed by atoms with Gasteiger partial charge in [0.15, 0.2) is 0 Å². The van der Waals surface area contributed by atoms with Gasteiger partial charge in [-0.3, -0.25) is 0 Å². The number of benzene rings is 1. The molecule has 0 aliphatic rings. The van der Waals surface area contributed by atoms with Gasteiger partial charge in [-0.15, -0.1) is 11.6 Å². The maximum absolute atomic E-state index is 5.87. The summed E-state index contributed by atoms with van der Waals surface area (Å²) < 4.78 is 5.49. The third-order valence-electron chi connectivity index (χ3n) is 2.25. The molecule has 0 unspecified atom stereocenters. The van der Waals surface area contributed by atoms with Crippen LogP contribution < -0.4 is 4.74 Å². The number of aromatic nitrogens is 2. The Morgan fingerprint density at radius 2 is 1.83 bits per heavy atom. The monoisotopic (exact) mass is 302 g/mol. The number of alkyl halides is 1. The zero-order valence-corrected chi connectivity index (χ0v) is 11.7. The maximum atomic E-state index is 5.87. The molecule has 0 radical (unpaired) electrons. The summed E-state index contributed by atoms with van der Waals surface area (Å²) in [5, 5.41) is 0.984. The first kappa shape index (κ1) is 13.4. The summed E-state index contributed by atoms with van der Waals surface area (Å²) in [4.78, 5) is 8.26. The average molecular weight is 304 g/mol. The summed E-state index contributed by atoms with van der Waals surface area (Å²) in [7, 11) is 0. The van der Waals surface area contributed by atoms with Gasteiger partial charge >= 0.3 is 6.01 Å². The molecule has 0 saturated heterocycles. The van der Waals surface area contributed by atoms with E-state index in [1.165, 1.54) is 0 Å². The molecule has 0 saturated carbocycles. The standard InChI is InChI=1S/C12H9Cl3N2O/c1-7-8(5-13)6-16-12(17-7)18-11-3-9(14)2-10(15)4-11/h2-4,6H,5H2,1H3. The quantitative estimate of drug-likeness (QED) is 0.776. The Morgan fingerprint density at radius 3 is 2.39 bits per heavy atom. The second kappa shape index (κ2) is 5.74. The van der Waals surface area contributed by atoms with Gasteiger partial charge in [-0.05, 0) is 25.1 Å². The summed E-state index contributed by atoms with van der Waals surface area (Å²) in [6, 6.07) is 5.14. The van der Waals surface area contributed by atoms with E-state index in [-0.39, 0.29) is 6.01 Å². The molecule has 2 aromatic rings. The lowest BCUT2D eigenvalue weighted by Gasteiger charge is -2.07. The zero-order valence-electron chi connectivity index (χ0n) is 9.45. The highest BCUT2D eigenvalue weighted by atomic mass is 35.5. The van der Waals surface area contributed by atoms with E-state index in [0.29, 0.717) is 21.7 Å². The largest absolute Gasteiger partial charge is 0.424 e. The van der Waals surface area contributed by atoms with Gasteiger partial charge in [0.25, 0.3) is 0 Å². The van der Waals surface area contributed by atoms with Gasteiger partial charge in [-0.2, -0.15) is 4.98 Å². The SMILES string of the molecule is Cc1nc(Oc2cc(Cl)cc(Cl)c2)ncc1CCl. The van der Waals surface area contributed by atoms with Gasteiger partial charge < -0.3 is 4.74 Å². The number of aryl methyl sites for hydroxylation is 1. The van der Waals surface area contributed by atoms with Crippen LogP contribution in [0.25, 0.3) is 0 Å². The van der Waals surface area contributed by atoms with Crippen molar-refractivity contribution in [1.82, 2.24) is 9.97 Å². The van der Waals surface area contributed by atoms with Crippen LogP contribution in [-0.2, 0) is 5.88 Å². The van der Waals surface area contributed by atoms with E-state index in [1.54, 1.807) is 24.4 Å². The number of rotatable bonds is 3. The Kier molecular flexibility index (Phi) is 4.27. The predicted molar refractivity (Wildman–Crippen MR) is 72.9 cm³/mol. The van der Waals surface area contributed by atoms with Crippen LogP contribution in [-0.4, -0.2) is 9.97 Å². The second-order valence-electron chi connectivity index (χ2n) is 3.60. The minimum Gasteiger partial charge on any atom is -0.424 e. The van der Waals surface area contributed by atoms with Crippen LogP contribution in [0.4, 0.5) is 0 Å². The van der Waals surface area contributed by atoms with Crippen LogP contribution in [0, 0.1) is 6.92 Å². The lowest BCUT2D eigenvalue weighted by molar-refractivity contribution is 0.440. The molecule has 6 heteroatoms. The summed E-state index contributed by atoms with van der Waals surface area (Å²) in [6.07, 6.45) is 1.64. The van der Waals surface area contributed by atoms with Crippen molar-refractivity contribution >= 4 is 34.8 Å². The molecule has 0 amide bonds. The van der Waals surface area contributed by atoms with E-state index in [4.69, 9.17) is 39.5 Å². The topological polar surface area (TPSA) is 35.0 Å². The Labute approximate surface area is 120 Å². The van der Waals surface area contributed by atoms with E-state index in [9.17, 15) is 0 Å². The van der Waals surface area contributed by atoms with Crippen LogP contribution >= 0.6 is 34.8 Å². The van der Waals surface area contributed by atoms with Gasteiger partial charge in [0.2, 0.25) is 0 Å². The first-order valence-corrected chi connectivity index (χ1v) is 6.40. The molecular weight excluding hydrogens is 295 g/mol. The normalized spacial score (nSPS) is 10.4. The molecule has 94 valence electrons. The summed E-state index contributed by atoms with van der Waals surface area (Å²) >= 11 is 17.5. The molecule has 0 bridgehead atoms. The predicted octanol–water partition coefficient (Wildman–Crippen LogP) is 4.62. The molecule has 0 fully saturated rings. The molecule has 3 nitrogen and oxygen atoms in total. The van der Waals surface area contributed by atoms with Gasteiger partial charge in [0.05, 0.1) is 5.88 Å². The Morgan fingerprint density at radius 1 is 1.17 bits per heavy atom. The number of nitrogens with zero attached hydrogens (tertiary/aromatic N) is 2. The van der Waals surface area contributed by atoms with Crippen LogP contribution in [0.2, 0.25) is 10.0 Å². The van der Waals surface area contributed by atoms with E-state index in [0.717, 1.165) is 11.3 Å². The molecule has 18 heavy (non-hydrogen) atoms. The summed E-state index contributed by atoms with van der Waals surface area (Å²) in [6.45, 7) is 1.84. The zero-order chi connectivity index (χ0) is 13.1. The number of ether oxygens (including phenoxy) is 1. The lowest BCUT2D eigenvalue weighted by Crippen LogP contribution is -1.97. The van der Waals surface area contributed by atoms with Gasteiger partial charge in [-0.1, -0.05) is 23.2 Å². The van der Waals surface area contributed by atoms with E-state index in [2.05, 4.69) is 9.97 Å². The number of hydrogen-bond acceptors (Lipinski definition) is 3. The molecule has 0 aliphatic heterocycles. The van der Waals surface area contributed by atoms with Crippen molar-refractivity contribution in [3.63, 3.8) is 0 Å². The Hall–Kier alpha value is -1.03. The van der Waals surface area contributed by atoms with E-state index >= 15 is 0 Å². The minimum absolute atomic E-state index is 0.236. The van der Waals surface area contributed by atoms with Gasteiger partial charge in [-0.25, -0.2) is 4.98 Å². The molecule has 0 spiro atoms. The van der Waals surface area contributed by atoms with Gasteiger partial charge in [0.1, 0.15) is 5.75 Å². The lowest BCUT2D eigenvalue weighted by atomic mass is 10.3. The first-order chi connectivity index (χ1) is 8.58. The number of hydrogen-bond donors (Lipinski definition) is 0. The summed E-state index contributed by atoms with van der Waals surface area (Å²) in [5.41, 5.74) is 1.65. The van der Waals surface area contributed by atoms with Crippen molar-refractivity contribution < 1.29 is 4.74 Å². The van der Waals surface area contributed by atoms with Crippen LogP contribution in [0.15, 0.2) is 24.4 Å². The van der Waals surface area contributed by atoms with Crippen molar-refractivity contribution in [2.75, 3.05) is 0 Å². The molecule has 2 rings (SSSR count). The molecular formula is C12H9Cl3N2O. The fourth-order valence-electron chi connectivity index (χ4n) is 1.34. The third kappa shape index (κ3) is 3.25. The van der Waals surface area contributed by atoms with E-state index in [1.807, 2.05) is 6.92 Å². The van der Waals surface area contributed by atoms with Crippen LogP contribution in [0.5, 0.6) is 11.8 Å². The van der Waals surface area contributed by atoms with Crippen molar-refractivity contribution in [3.8, 4) is 11.8 Å². The first-order valence-electron chi connectivity index (χ1n) is 5.11. The number of halogens is 3. The van der Waals surface area contributed by atoms with Crippen LogP contribution in [0.3, 0.4) is 0 Å². The Bertz CT molecular complexity index is 555. The van der Waals surface area contributed by atoms with E-state index < -0.39 is 0 Å². The van der Waals surface area contributed by atoms with Crippen molar-refractivity contribution in [3.05, 3.63) is 45.7 Å². The Balaban J connectivity index is 2.25. The highest BCUT2D eigenvalue weighted by molar-refractivity contribution is 6.34. The maximum Gasteiger partial charge on any atom is 0.322 e. The fourth-order valence-corrected chi connectivity index (χ4v) is 2.11. The van der Waals surface area contributed by atoms with Crippen molar-refractivity contribution in [2.45, 2.75) is 12.8 Å². The van der Waals surface area contributed by atoms with Gasteiger partial charge in [0, 0.05) is 27.5 Å². The smallest absolute Gasteiger partial charge is 0.322 e. The van der Waals surface area contributed by atoms with Crippen molar-refractivity contribution in [1.29, 1.82) is 0 Å². The molecule has 0 atom stereocenters. The highest BCUT2D eigenvalue weighted by Crippen LogP contribution is 2.27. The molecule has 0 aliphatic carbocycles. The van der Waals surface area contributed by atoms with Crippen molar-refractivity contribution in [2.24, 2.45) is 0 Å². The molecule has 1 aromatic heterocycles. The third-order valence-corrected chi connectivity index (χ3v) is 2.97. The molecule has 1 aromatic carbocycles. The average Bonchev–Trinajstić information content (AvgIpc) is 2.27. The second-order valence-corrected chi connectivity index (χ2v) is 4.74.